The Bertz CT molecular complexity index is 345. The van der Waals surface area contributed by atoms with Crippen LogP contribution in [0.2, 0.25) is 0 Å². The number of hydrogen-bond donors (Lipinski definition) is 1. The molecule has 1 saturated heterocycles. The summed E-state index contributed by atoms with van der Waals surface area (Å²) in [4.78, 5) is 13.4. The molecular weight excluding hydrogens is 182 g/mol. The number of aryl methyl sites for hydroxylation is 1. The number of amides is 1. The molecule has 0 bridgehead atoms. The third-order valence-corrected chi connectivity index (χ3v) is 2.43. The minimum Gasteiger partial charge on any atom is -0.469 e. The van der Waals surface area contributed by atoms with E-state index in [0.29, 0.717) is 25.1 Å². The molecule has 1 N–H and O–H groups in total. The number of rotatable bonds is 1. The van der Waals surface area contributed by atoms with E-state index in [2.05, 4.69) is 0 Å². The maximum Gasteiger partial charge on any atom is 0.257 e. The smallest absolute Gasteiger partial charge is 0.257 e. The van der Waals surface area contributed by atoms with Gasteiger partial charge >= 0.3 is 0 Å². The van der Waals surface area contributed by atoms with Crippen molar-refractivity contribution in [2.45, 2.75) is 19.4 Å². The zero-order chi connectivity index (χ0) is 10.1. The Hall–Kier alpha value is -1.29. The van der Waals surface area contributed by atoms with E-state index in [4.69, 9.17) is 4.42 Å². The molecule has 4 nitrogen and oxygen atoms in total. The van der Waals surface area contributed by atoms with Crippen LogP contribution in [0, 0.1) is 6.92 Å². The van der Waals surface area contributed by atoms with Crippen molar-refractivity contribution in [1.29, 1.82) is 0 Å². The Morgan fingerprint density at radius 3 is 3.00 bits per heavy atom. The van der Waals surface area contributed by atoms with Gasteiger partial charge in [0.1, 0.15) is 12.0 Å². The van der Waals surface area contributed by atoms with Gasteiger partial charge in [0.15, 0.2) is 0 Å². The Morgan fingerprint density at radius 2 is 2.50 bits per heavy atom. The number of aliphatic hydroxyl groups excluding tert-OH is 1. The molecule has 0 spiro atoms. The van der Waals surface area contributed by atoms with Crippen LogP contribution in [-0.2, 0) is 0 Å². The fourth-order valence-corrected chi connectivity index (χ4v) is 1.66. The van der Waals surface area contributed by atoms with Gasteiger partial charge in [-0.2, -0.15) is 0 Å². The van der Waals surface area contributed by atoms with Crippen molar-refractivity contribution < 1.29 is 14.3 Å². The molecule has 2 heterocycles. The Labute approximate surface area is 82.1 Å². The second-order valence-electron chi connectivity index (χ2n) is 3.64. The summed E-state index contributed by atoms with van der Waals surface area (Å²) in [5, 5.41) is 9.28. The molecule has 1 aliphatic rings. The summed E-state index contributed by atoms with van der Waals surface area (Å²) in [6.45, 7) is 2.86. The largest absolute Gasteiger partial charge is 0.469 e. The summed E-state index contributed by atoms with van der Waals surface area (Å²) in [6.07, 6.45) is 1.76. The lowest BCUT2D eigenvalue weighted by Crippen LogP contribution is -2.29. The first kappa shape index (κ1) is 9.27. The van der Waals surface area contributed by atoms with Crippen LogP contribution in [-0.4, -0.2) is 35.1 Å². The molecule has 1 fully saturated rings. The summed E-state index contributed by atoms with van der Waals surface area (Å²) < 4.78 is 5.06. The highest BCUT2D eigenvalue weighted by atomic mass is 16.3. The van der Waals surface area contributed by atoms with Crippen molar-refractivity contribution in [3.63, 3.8) is 0 Å². The first-order valence-corrected chi connectivity index (χ1v) is 4.69. The zero-order valence-electron chi connectivity index (χ0n) is 8.06. The van der Waals surface area contributed by atoms with E-state index in [-0.39, 0.29) is 12.0 Å². The molecule has 1 amide bonds. The van der Waals surface area contributed by atoms with E-state index in [9.17, 15) is 9.90 Å². The van der Waals surface area contributed by atoms with Crippen molar-refractivity contribution >= 4 is 5.91 Å². The molecule has 0 saturated carbocycles. The lowest BCUT2D eigenvalue weighted by atomic mass is 10.3. The standard InChI is InChI=1S/C10H13NO3/c1-7-4-8(6-14-7)10(13)11-3-2-9(12)5-11/h4,6,9,12H,2-3,5H2,1H3/t9-/m0/s1. The highest BCUT2D eigenvalue weighted by molar-refractivity contribution is 5.94. The van der Waals surface area contributed by atoms with Crippen molar-refractivity contribution in [3.05, 3.63) is 23.7 Å². The fourth-order valence-electron chi connectivity index (χ4n) is 1.66. The van der Waals surface area contributed by atoms with Gasteiger partial charge in [-0.1, -0.05) is 0 Å². The molecule has 1 aromatic heterocycles. The molecule has 0 aliphatic carbocycles. The van der Waals surface area contributed by atoms with E-state index in [1.807, 2.05) is 0 Å². The van der Waals surface area contributed by atoms with Gasteiger partial charge in [0.25, 0.3) is 5.91 Å². The predicted octanol–water partition coefficient (Wildman–Crippen LogP) is 0.795. The van der Waals surface area contributed by atoms with E-state index in [1.165, 1.54) is 6.26 Å². The first-order chi connectivity index (χ1) is 6.66. The van der Waals surface area contributed by atoms with Crippen LogP contribution in [0.1, 0.15) is 22.5 Å². The Kier molecular flexibility index (Phi) is 2.29. The van der Waals surface area contributed by atoms with Gasteiger partial charge in [0.05, 0.1) is 11.7 Å². The number of hydrogen-bond acceptors (Lipinski definition) is 3. The van der Waals surface area contributed by atoms with E-state index >= 15 is 0 Å². The van der Waals surface area contributed by atoms with Crippen LogP contribution in [0.3, 0.4) is 0 Å². The van der Waals surface area contributed by atoms with Gasteiger partial charge in [0.2, 0.25) is 0 Å². The molecule has 0 unspecified atom stereocenters. The fraction of sp³-hybridized carbons (Fsp3) is 0.500. The molecule has 4 heteroatoms. The number of furan rings is 1. The summed E-state index contributed by atoms with van der Waals surface area (Å²) in [5.74, 6) is 0.673. The van der Waals surface area contributed by atoms with Crippen LogP contribution < -0.4 is 0 Å². The highest BCUT2D eigenvalue weighted by Gasteiger charge is 2.25. The van der Waals surface area contributed by atoms with Crippen molar-refractivity contribution in [3.8, 4) is 0 Å². The second kappa shape index (κ2) is 3.46. The maximum absolute atomic E-state index is 11.8. The molecule has 2 rings (SSSR count). The molecule has 0 aromatic carbocycles. The van der Waals surface area contributed by atoms with Crippen molar-refractivity contribution in [2.24, 2.45) is 0 Å². The number of aliphatic hydroxyl groups is 1. The Morgan fingerprint density at radius 1 is 1.71 bits per heavy atom. The van der Waals surface area contributed by atoms with Crippen LogP contribution in [0.5, 0.6) is 0 Å². The van der Waals surface area contributed by atoms with Gasteiger partial charge in [-0.05, 0) is 19.4 Å². The lowest BCUT2D eigenvalue weighted by molar-refractivity contribution is 0.0764. The number of likely N-dealkylation sites (tertiary alicyclic amines) is 1. The predicted molar refractivity (Wildman–Crippen MR) is 50.0 cm³/mol. The zero-order valence-corrected chi connectivity index (χ0v) is 8.06. The quantitative estimate of drug-likeness (QED) is 0.721. The molecule has 1 aromatic rings. The number of carbonyl (C=O) groups is 1. The van der Waals surface area contributed by atoms with Crippen LogP contribution in [0.25, 0.3) is 0 Å². The molecule has 1 aliphatic heterocycles. The molecule has 1 atom stereocenters. The summed E-state index contributed by atoms with van der Waals surface area (Å²) in [6, 6.07) is 1.72. The summed E-state index contributed by atoms with van der Waals surface area (Å²) >= 11 is 0. The van der Waals surface area contributed by atoms with Crippen molar-refractivity contribution in [2.75, 3.05) is 13.1 Å². The van der Waals surface area contributed by atoms with Gasteiger partial charge in [-0.3, -0.25) is 4.79 Å². The topological polar surface area (TPSA) is 53.7 Å². The van der Waals surface area contributed by atoms with Gasteiger partial charge < -0.3 is 14.4 Å². The highest BCUT2D eigenvalue weighted by Crippen LogP contribution is 2.15. The van der Waals surface area contributed by atoms with E-state index < -0.39 is 0 Å². The van der Waals surface area contributed by atoms with Crippen LogP contribution >= 0.6 is 0 Å². The number of β-amino-alcohol motifs (C(OH)–C–C–N with tert-alkyl or cyclic N) is 1. The first-order valence-electron chi connectivity index (χ1n) is 4.69. The minimum absolute atomic E-state index is 0.0570. The minimum atomic E-state index is -0.369. The van der Waals surface area contributed by atoms with Crippen LogP contribution in [0.4, 0.5) is 0 Å². The van der Waals surface area contributed by atoms with Crippen LogP contribution in [0.15, 0.2) is 16.7 Å². The van der Waals surface area contributed by atoms with E-state index in [1.54, 1.807) is 17.9 Å². The third kappa shape index (κ3) is 1.65. The second-order valence-corrected chi connectivity index (χ2v) is 3.64. The molecule has 76 valence electrons. The van der Waals surface area contributed by atoms with Gasteiger partial charge in [-0.25, -0.2) is 0 Å². The average molecular weight is 195 g/mol. The van der Waals surface area contributed by atoms with Gasteiger partial charge in [0, 0.05) is 13.1 Å². The number of nitrogens with zero attached hydrogens (tertiary/aromatic N) is 1. The normalized spacial score (nSPS) is 21.6. The summed E-state index contributed by atoms with van der Waals surface area (Å²) in [5.41, 5.74) is 0.566. The molecular formula is C10H13NO3. The summed E-state index contributed by atoms with van der Waals surface area (Å²) in [7, 11) is 0. The van der Waals surface area contributed by atoms with Crippen molar-refractivity contribution in [1.82, 2.24) is 4.90 Å². The molecule has 14 heavy (non-hydrogen) atoms. The third-order valence-electron chi connectivity index (χ3n) is 2.43. The maximum atomic E-state index is 11.8. The monoisotopic (exact) mass is 195 g/mol. The number of carbonyl (C=O) groups excluding carboxylic acids is 1. The SMILES string of the molecule is Cc1cc(C(=O)N2CC[C@H](O)C2)co1. The average Bonchev–Trinajstić information content (AvgIpc) is 2.73. The Balaban J connectivity index is 2.09. The molecule has 0 radical (unpaired) electrons. The van der Waals surface area contributed by atoms with Gasteiger partial charge in [-0.15, -0.1) is 0 Å². The lowest BCUT2D eigenvalue weighted by Gasteiger charge is -2.13. The van der Waals surface area contributed by atoms with E-state index in [0.717, 1.165) is 5.76 Å².